The highest BCUT2D eigenvalue weighted by Gasteiger charge is 2.14. The number of rotatable bonds is 5. The maximum atomic E-state index is 11.0. The smallest absolute Gasteiger partial charge is 0.339 e. The van der Waals surface area contributed by atoms with Crippen LogP contribution in [0.5, 0.6) is 5.75 Å². The molecule has 3 aromatic rings. The minimum atomic E-state index is -1.20. The molecule has 0 bridgehead atoms. The molecular weight excluding hydrogens is 332 g/mol. The zero-order valence-corrected chi connectivity index (χ0v) is 14.0. The summed E-state index contributed by atoms with van der Waals surface area (Å²) in [6.07, 6.45) is 1.48. The number of hydrogen-bond donors (Lipinski definition) is 4. The minimum Gasteiger partial charge on any atom is -0.507 e. The Morgan fingerprint density at radius 2 is 1.92 bits per heavy atom. The molecular formula is C19H18N4O3. The van der Waals surface area contributed by atoms with E-state index in [0.717, 1.165) is 5.56 Å². The summed E-state index contributed by atoms with van der Waals surface area (Å²) in [7, 11) is 0. The van der Waals surface area contributed by atoms with Crippen LogP contribution >= 0.6 is 0 Å². The number of carbonyl (C=O) groups is 1. The van der Waals surface area contributed by atoms with Crippen molar-refractivity contribution >= 4 is 17.6 Å². The van der Waals surface area contributed by atoms with Gasteiger partial charge in [-0.15, -0.1) is 0 Å². The molecule has 132 valence electrons. The lowest BCUT2D eigenvalue weighted by molar-refractivity contribution is 0.0694. The number of phenols is 1. The summed E-state index contributed by atoms with van der Waals surface area (Å²) in [6.45, 7) is 1.98. The van der Waals surface area contributed by atoms with E-state index in [9.17, 15) is 9.90 Å². The van der Waals surface area contributed by atoms with Gasteiger partial charge in [-0.2, -0.15) is 0 Å². The number of nitrogens with zero attached hydrogens (tertiary/aromatic N) is 2. The Labute approximate surface area is 150 Å². The van der Waals surface area contributed by atoms with Crippen LogP contribution in [0.25, 0.3) is 11.3 Å². The van der Waals surface area contributed by atoms with E-state index >= 15 is 0 Å². The molecule has 0 amide bonds. The first kappa shape index (κ1) is 17.2. The number of aromatic nitrogens is 2. The first-order chi connectivity index (χ1) is 12.5. The molecule has 0 aliphatic heterocycles. The zero-order chi connectivity index (χ0) is 18.7. The maximum absolute atomic E-state index is 11.0. The monoisotopic (exact) mass is 350 g/mol. The summed E-state index contributed by atoms with van der Waals surface area (Å²) in [4.78, 5) is 19.6. The molecule has 0 saturated carbocycles. The lowest BCUT2D eigenvalue weighted by Gasteiger charge is -2.16. The van der Waals surface area contributed by atoms with Gasteiger partial charge in [-0.1, -0.05) is 36.4 Å². The van der Waals surface area contributed by atoms with Crippen LogP contribution in [-0.4, -0.2) is 26.2 Å². The van der Waals surface area contributed by atoms with Crippen LogP contribution < -0.4 is 11.1 Å². The first-order valence-electron chi connectivity index (χ1n) is 7.96. The van der Waals surface area contributed by atoms with Gasteiger partial charge in [-0.25, -0.2) is 14.8 Å². The van der Waals surface area contributed by atoms with Gasteiger partial charge in [0.15, 0.2) is 11.6 Å². The van der Waals surface area contributed by atoms with Crippen molar-refractivity contribution in [2.24, 2.45) is 0 Å². The Morgan fingerprint density at radius 1 is 1.19 bits per heavy atom. The Bertz CT molecular complexity index is 945. The number of nitrogens with two attached hydrogens (primary N) is 1. The zero-order valence-electron chi connectivity index (χ0n) is 14.0. The highest BCUT2D eigenvalue weighted by molar-refractivity contribution is 5.91. The van der Waals surface area contributed by atoms with E-state index in [1.165, 1.54) is 18.3 Å². The molecule has 0 saturated heterocycles. The summed E-state index contributed by atoms with van der Waals surface area (Å²) >= 11 is 0. The van der Waals surface area contributed by atoms with Crippen molar-refractivity contribution in [3.63, 3.8) is 0 Å². The molecule has 0 fully saturated rings. The van der Waals surface area contributed by atoms with Gasteiger partial charge < -0.3 is 21.3 Å². The van der Waals surface area contributed by atoms with Crippen LogP contribution in [-0.2, 0) is 0 Å². The maximum Gasteiger partial charge on any atom is 0.339 e. The topological polar surface area (TPSA) is 121 Å². The van der Waals surface area contributed by atoms with Gasteiger partial charge in [0.05, 0.1) is 17.9 Å². The fourth-order valence-electron chi connectivity index (χ4n) is 2.55. The van der Waals surface area contributed by atoms with E-state index in [1.54, 1.807) is 6.07 Å². The number of nitrogen functional groups attached to an aromatic ring is 1. The summed E-state index contributed by atoms with van der Waals surface area (Å²) in [6, 6.07) is 14.0. The number of nitrogens with one attached hydrogen (secondary N) is 1. The van der Waals surface area contributed by atoms with E-state index in [4.69, 9.17) is 10.8 Å². The molecule has 7 nitrogen and oxygen atoms in total. The predicted octanol–water partition coefficient (Wildman–Crippen LogP) is 3.30. The average Bonchev–Trinajstić information content (AvgIpc) is 2.63. The fraction of sp³-hybridized carbons (Fsp3) is 0.105. The minimum absolute atomic E-state index is 0.0363. The highest BCUT2D eigenvalue weighted by Crippen LogP contribution is 2.28. The number of aromatic hydroxyl groups is 1. The van der Waals surface area contributed by atoms with Crippen molar-refractivity contribution in [2.45, 2.75) is 13.0 Å². The van der Waals surface area contributed by atoms with Crippen molar-refractivity contribution in [1.82, 2.24) is 9.97 Å². The number of benzene rings is 2. The Morgan fingerprint density at radius 3 is 2.58 bits per heavy atom. The summed E-state index contributed by atoms with van der Waals surface area (Å²) in [5.41, 5.74) is 7.83. The largest absolute Gasteiger partial charge is 0.507 e. The SMILES string of the molecule is C[C@@H](Nc1nc(-c2ccc(C(=O)O)c(O)c2)cnc1N)c1ccccc1. The molecule has 0 aliphatic carbocycles. The number of hydrogen-bond acceptors (Lipinski definition) is 6. The molecule has 26 heavy (non-hydrogen) atoms. The van der Waals surface area contributed by atoms with Gasteiger partial charge >= 0.3 is 5.97 Å². The number of aromatic carboxylic acids is 1. The van der Waals surface area contributed by atoms with E-state index in [0.29, 0.717) is 17.1 Å². The van der Waals surface area contributed by atoms with E-state index < -0.39 is 5.97 Å². The molecule has 0 spiro atoms. The molecule has 7 heteroatoms. The third kappa shape index (κ3) is 3.56. The van der Waals surface area contributed by atoms with Crippen molar-refractivity contribution < 1.29 is 15.0 Å². The van der Waals surface area contributed by atoms with E-state index in [2.05, 4.69) is 15.3 Å². The van der Waals surface area contributed by atoms with Gasteiger partial charge in [0.2, 0.25) is 0 Å². The van der Waals surface area contributed by atoms with Gasteiger partial charge in [0.1, 0.15) is 11.3 Å². The molecule has 0 unspecified atom stereocenters. The molecule has 5 N–H and O–H groups in total. The second-order valence-corrected chi connectivity index (χ2v) is 5.80. The summed E-state index contributed by atoms with van der Waals surface area (Å²) < 4.78 is 0. The second-order valence-electron chi connectivity index (χ2n) is 5.80. The molecule has 1 heterocycles. The molecule has 2 aromatic carbocycles. The third-order valence-corrected chi connectivity index (χ3v) is 3.98. The fourth-order valence-corrected chi connectivity index (χ4v) is 2.55. The summed E-state index contributed by atoms with van der Waals surface area (Å²) in [5, 5.41) is 22.1. The summed E-state index contributed by atoms with van der Waals surface area (Å²) in [5.74, 6) is -0.860. The molecule has 0 aliphatic rings. The van der Waals surface area contributed by atoms with Crippen LogP contribution in [0, 0.1) is 0 Å². The Kier molecular flexibility index (Phi) is 4.70. The van der Waals surface area contributed by atoms with Crippen LogP contribution in [0.3, 0.4) is 0 Å². The van der Waals surface area contributed by atoms with Crippen LogP contribution in [0.2, 0.25) is 0 Å². The standard InChI is InChI=1S/C19H18N4O3/c1-11(12-5-3-2-4-6-12)22-18-17(20)21-10-15(23-18)13-7-8-14(19(25)26)16(24)9-13/h2-11,24H,1H3,(H2,20,21)(H,22,23)(H,25,26)/t11-/m1/s1. The van der Waals surface area contributed by atoms with Gasteiger partial charge in [-0.3, -0.25) is 0 Å². The lowest BCUT2D eigenvalue weighted by atomic mass is 10.1. The van der Waals surface area contributed by atoms with Crippen LogP contribution in [0.4, 0.5) is 11.6 Å². The van der Waals surface area contributed by atoms with Crippen molar-refractivity contribution in [2.75, 3.05) is 11.1 Å². The van der Waals surface area contributed by atoms with Crippen LogP contribution in [0.1, 0.15) is 28.9 Å². The van der Waals surface area contributed by atoms with Gasteiger partial charge in [-0.05, 0) is 24.6 Å². The van der Waals surface area contributed by atoms with Crippen molar-refractivity contribution in [1.29, 1.82) is 0 Å². The molecule has 0 radical (unpaired) electrons. The molecule has 1 aromatic heterocycles. The Balaban J connectivity index is 1.90. The number of anilines is 2. The van der Waals surface area contributed by atoms with Crippen molar-refractivity contribution in [3.05, 3.63) is 65.9 Å². The number of carboxylic acids is 1. The molecule has 3 rings (SSSR count). The quantitative estimate of drug-likeness (QED) is 0.557. The predicted molar refractivity (Wildman–Crippen MR) is 99.0 cm³/mol. The van der Waals surface area contributed by atoms with Gasteiger partial charge in [0, 0.05) is 5.56 Å². The average molecular weight is 350 g/mol. The second kappa shape index (κ2) is 7.10. The Hall–Kier alpha value is -3.61. The highest BCUT2D eigenvalue weighted by atomic mass is 16.4. The number of carboxylic acid groups (broad SMARTS) is 1. The van der Waals surface area contributed by atoms with Crippen LogP contribution in [0.15, 0.2) is 54.7 Å². The van der Waals surface area contributed by atoms with E-state index in [-0.39, 0.29) is 23.2 Å². The lowest BCUT2D eigenvalue weighted by Crippen LogP contribution is -2.11. The van der Waals surface area contributed by atoms with Gasteiger partial charge in [0.25, 0.3) is 0 Å². The third-order valence-electron chi connectivity index (χ3n) is 3.98. The van der Waals surface area contributed by atoms with E-state index in [1.807, 2.05) is 37.3 Å². The normalized spacial score (nSPS) is 11.7. The van der Waals surface area contributed by atoms with Crippen molar-refractivity contribution in [3.8, 4) is 17.0 Å². The first-order valence-corrected chi connectivity index (χ1v) is 7.96. The molecule has 1 atom stereocenters.